The molecule has 1 N–H and O–H groups in total. The van der Waals surface area contributed by atoms with Gasteiger partial charge in [0.05, 0.1) is 12.3 Å². The van der Waals surface area contributed by atoms with Gasteiger partial charge in [0.25, 0.3) is 0 Å². The number of fused-ring (bicyclic) bond motifs is 1. The van der Waals surface area contributed by atoms with Crippen LogP contribution in [0.2, 0.25) is 0 Å². The highest BCUT2D eigenvalue weighted by molar-refractivity contribution is 7.91. The van der Waals surface area contributed by atoms with E-state index in [0.717, 1.165) is 16.1 Å². The molecule has 1 atom stereocenters. The second-order valence-corrected chi connectivity index (χ2v) is 10.5. The standard InChI is InChI=1S/C25H31NO4S/c1-25(2)22-17-20(11-14-23(22)26-24(27)30-25)29-15-6-16-31(28)21-12-9-19(10-13-21)18-7-4-3-5-8-18/h9-14,17-18H,3-8,15-16H2,1-2H3,(H,26,27). The van der Waals surface area contributed by atoms with Crippen molar-refractivity contribution in [2.24, 2.45) is 0 Å². The van der Waals surface area contributed by atoms with Crippen LogP contribution in [0.25, 0.3) is 0 Å². The van der Waals surface area contributed by atoms with Crippen molar-refractivity contribution >= 4 is 23.0 Å². The Labute approximate surface area is 187 Å². The second-order valence-electron chi connectivity index (χ2n) is 8.89. The van der Waals surface area contributed by atoms with Crippen LogP contribution < -0.4 is 10.1 Å². The van der Waals surface area contributed by atoms with Gasteiger partial charge in [0.2, 0.25) is 0 Å². The van der Waals surface area contributed by atoms with Crippen LogP contribution >= 0.6 is 0 Å². The Morgan fingerprint density at radius 3 is 2.61 bits per heavy atom. The molecule has 1 aliphatic heterocycles. The fraction of sp³-hybridized carbons (Fsp3) is 0.480. The van der Waals surface area contributed by atoms with E-state index in [1.54, 1.807) is 0 Å². The first-order valence-corrected chi connectivity index (χ1v) is 12.5. The van der Waals surface area contributed by atoms with Gasteiger partial charge in [0, 0.05) is 12.0 Å². The van der Waals surface area contributed by atoms with Crippen LogP contribution in [0.1, 0.15) is 69.4 Å². The van der Waals surface area contributed by atoms with Crippen LogP contribution in [0.3, 0.4) is 0 Å². The minimum atomic E-state index is -1.02. The number of carbonyl (C=O) groups excluding carboxylic acids is 1. The summed E-state index contributed by atoms with van der Waals surface area (Å²) in [6, 6.07) is 13.9. The molecular weight excluding hydrogens is 410 g/mol. The Morgan fingerprint density at radius 2 is 1.87 bits per heavy atom. The number of amides is 1. The van der Waals surface area contributed by atoms with E-state index in [-0.39, 0.29) is 0 Å². The first kappa shape index (κ1) is 22.0. The van der Waals surface area contributed by atoms with Gasteiger partial charge < -0.3 is 14.0 Å². The number of rotatable bonds is 7. The molecule has 1 fully saturated rings. The first-order valence-electron chi connectivity index (χ1n) is 11.2. The van der Waals surface area contributed by atoms with Gasteiger partial charge in [-0.2, -0.15) is 0 Å². The summed E-state index contributed by atoms with van der Waals surface area (Å²) in [5, 5.41) is 2.71. The van der Waals surface area contributed by atoms with E-state index in [0.29, 0.717) is 30.4 Å². The van der Waals surface area contributed by atoms with Gasteiger partial charge in [-0.25, -0.2) is 4.79 Å². The SMILES string of the molecule is CC1(C)OC(=O)Nc2ccc(OCCC[S+]([O-])c3ccc(C4CCCCC4)cc3)cc21. The van der Waals surface area contributed by atoms with Gasteiger partial charge >= 0.3 is 6.09 Å². The first-order chi connectivity index (χ1) is 14.9. The average molecular weight is 442 g/mol. The lowest BCUT2D eigenvalue weighted by atomic mass is 9.84. The number of benzene rings is 2. The summed E-state index contributed by atoms with van der Waals surface area (Å²) in [7, 11) is 0. The summed E-state index contributed by atoms with van der Waals surface area (Å²) >= 11 is -1.02. The highest BCUT2D eigenvalue weighted by Crippen LogP contribution is 2.37. The maximum absolute atomic E-state index is 12.6. The van der Waals surface area contributed by atoms with E-state index in [2.05, 4.69) is 17.4 Å². The van der Waals surface area contributed by atoms with Crippen molar-refractivity contribution < 1.29 is 18.8 Å². The van der Waals surface area contributed by atoms with Crippen LogP contribution in [-0.2, 0) is 21.5 Å². The molecule has 5 nitrogen and oxygen atoms in total. The molecule has 1 heterocycles. The van der Waals surface area contributed by atoms with E-state index < -0.39 is 22.9 Å². The molecule has 166 valence electrons. The monoisotopic (exact) mass is 441 g/mol. The molecule has 4 rings (SSSR count). The zero-order valence-electron chi connectivity index (χ0n) is 18.3. The minimum Gasteiger partial charge on any atom is -0.611 e. The number of carbonyl (C=O) groups is 1. The highest BCUT2D eigenvalue weighted by Gasteiger charge is 2.33. The fourth-order valence-electron chi connectivity index (χ4n) is 4.47. The van der Waals surface area contributed by atoms with Gasteiger partial charge in [-0.1, -0.05) is 31.4 Å². The van der Waals surface area contributed by atoms with Crippen LogP contribution in [0.5, 0.6) is 5.75 Å². The number of nitrogens with one attached hydrogen (secondary N) is 1. The normalized spacial score (nSPS) is 19.1. The van der Waals surface area contributed by atoms with Crippen molar-refractivity contribution in [1.82, 2.24) is 0 Å². The van der Waals surface area contributed by atoms with E-state index in [1.165, 1.54) is 37.7 Å². The molecule has 1 unspecified atom stereocenters. The molecule has 0 bridgehead atoms. The van der Waals surface area contributed by atoms with Crippen LogP contribution in [0.4, 0.5) is 10.5 Å². The lowest BCUT2D eigenvalue weighted by Crippen LogP contribution is -2.34. The summed E-state index contributed by atoms with van der Waals surface area (Å²) in [6.45, 7) is 4.20. The van der Waals surface area contributed by atoms with Crippen molar-refractivity contribution in [3.8, 4) is 5.75 Å². The highest BCUT2D eigenvalue weighted by atomic mass is 32.2. The van der Waals surface area contributed by atoms with Crippen molar-refractivity contribution in [1.29, 1.82) is 0 Å². The third kappa shape index (κ3) is 5.36. The maximum Gasteiger partial charge on any atom is 0.412 e. The lowest BCUT2D eigenvalue weighted by molar-refractivity contribution is 0.0418. The van der Waals surface area contributed by atoms with Gasteiger partial charge in [0.15, 0.2) is 4.90 Å². The van der Waals surface area contributed by atoms with Crippen molar-refractivity contribution in [2.75, 3.05) is 17.7 Å². The predicted molar refractivity (Wildman–Crippen MR) is 123 cm³/mol. The van der Waals surface area contributed by atoms with Crippen molar-refractivity contribution in [2.45, 2.75) is 68.8 Å². The Hall–Kier alpha value is -2.18. The van der Waals surface area contributed by atoms with Gasteiger partial charge in [-0.3, -0.25) is 5.32 Å². The summed E-state index contributed by atoms with van der Waals surface area (Å²) in [5.74, 6) is 1.96. The summed E-state index contributed by atoms with van der Waals surface area (Å²) in [5.41, 5.74) is 2.30. The molecule has 0 spiro atoms. The zero-order valence-corrected chi connectivity index (χ0v) is 19.1. The predicted octanol–water partition coefficient (Wildman–Crippen LogP) is 6.11. The molecule has 2 aliphatic rings. The third-order valence-electron chi connectivity index (χ3n) is 6.19. The molecule has 1 amide bonds. The minimum absolute atomic E-state index is 0.444. The molecule has 1 aliphatic carbocycles. The van der Waals surface area contributed by atoms with E-state index in [1.807, 2.05) is 44.2 Å². The summed E-state index contributed by atoms with van der Waals surface area (Å²) < 4.78 is 23.9. The average Bonchev–Trinajstić information content (AvgIpc) is 2.77. The topological polar surface area (TPSA) is 70.6 Å². The van der Waals surface area contributed by atoms with Gasteiger partial charge in [-0.15, -0.1) is 0 Å². The smallest absolute Gasteiger partial charge is 0.412 e. The largest absolute Gasteiger partial charge is 0.611 e. The molecule has 31 heavy (non-hydrogen) atoms. The molecule has 0 saturated heterocycles. The van der Waals surface area contributed by atoms with E-state index in [4.69, 9.17) is 9.47 Å². The van der Waals surface area contributed by atoms with Gasteiger partial charge in [-0.05, 0) is 79.7 Å². The second kappa shape index (κ2) is 9.53. The number of anilines is 1. The molecular formula is C25H31NO4S. The zero-order chi connectivity index (χ0) is 21.8. The molecule has 6 heteroatoms. The van der Waals surface area contributed by atoms with Crippen molar-refractivity contribution in [3.63, 3.8) is 0 Å². The number of ether oxygens (including phenoxy) is 2. The summed E-state index contributed by atoms with van der Waals surface area (Å²) in [4.78, 5) is 12.5. The Morgan fingerprint density at radius 1 is 1.13 bits per heavy atom. The molecule has 2 aromatic carbocycles. The van der Waals surface area contributed by atoms with Crippen LogP contribution in [-0.4, -0.2) is 23.0 Å². The van der Waals surface area contributed by atoms with Gasteiger partial charge in [0.1, 0.15) is 17.1 Å². The molecule has 2 aromatic rings. The van der Waals surface area contributed by atoms with Crippen LogP contribution in [0.15, 0.2) is 47.4 Å². The van der Waals surface area contributed by atoms with E-state index >= 15 is 0 Å². The molecule has 0 aromatic heterocycles. The molecule has 1 saturated carbocycles. The number of hydrogen-bond acceptors (Lipinski definition) is 4. The number of cyclic esters (lactones) is 1. The molecule has 0 radical (unpaired) electrons. The lowest BCUT2D eigenvalue weighted by Gasteiger charge is -2.32. The third-order valence-corrected chi connectivity index (χ3v) is 7.64. The Bertz CT molecular complexity index is 906. The summed E-state index contributed by atoms with van der Waals surface area (Å²) in [6.07, 6.45) is 6.80. The van der Waals surface area contributed by atoms with E-state index in [9.17, 15) is 9.35 Å². The Kier molecular flexibility index (Phi) is 6.77. The Balaban J connectivity index is 1.26. The quantitative estimate of drug-likeness (QED) is 0.416. The number of hydrogen-bond donors (Lipinski definition) is 1. The fourth-order valence-corrected chi connectivity index (χ4v) is 5.52. The maximum atomic E-state index is 12.6. The van der Waals surface area contributed by atoms with Crippen LogP contribution in [0, 0.1) is 0 Å². The van der Waals surface area contributed by atoms with Crippen molar-refractivity contribution in [3.05, 3.63) is 53.6 Å².